The van der Waals surface area contributed by atoms with Gasteiger partial charge in [-0.25, -0.2) is 0 Å². The predicted octanol–water partition coefficient (Wildman–Crippen LogP) is 1.84. The number of amides is 2. The van der Waals surface area contributed by atoms with Gasteiger partial charge in [0.05, 0.1) is 13.2 Å². The van der Waals surface area contributed by atoms with Gasteiger partial charge in [0.25, 0.3) is 0 Å². The minimum Gasteiger partial charge on any atom is -0.381 e. The summed E-state index contributed by atoms with van der Waals surface area (Å²) in [6.07, 6.45) is 1.50. The van der Waals surface area contributed by atoms with Gasteiger partial charge in [-0.2, -0.15) is 0 Å². The molecule has 4 fully saturated rings. The number of hydrogen-bond acceptors (Lipinski definition) is 3. The Balaban J connectivity index is 1.28. The zero-order valence-corrected chi connectivity index (χ0v) is 14.6. The lowest BCUT2D eigenvalue weighted by molar-refractivity contribution is -0.133. The molecule has 0 radical (unpaired) electrons. The van der Waals surface area contributed by atoms with E-state index in [2.05, 4.69) is 6.92 Å². The predicted molar refractivity (Wildman–Crippen MR) is 93.1 cm³/mol. The van der Waals surface area contributed by atoms with Crippen LogP contribution >= 0.6 is 0 Å². The van der Waals surface area contributed by atoms with Gasteiger partial charge >= 0.3 is 0 Å². The maximum atomic E-state index is 12.8. The summed E-state index contributed by atoms with van der Waals surface area (Å²) >= 11 is 0. The van der Waals surface area contributed by atoms with Crippen molar-refractivity contribution in [3.05, 3.63) is 29.8 Å². The molecule has 5 nitrogen and oxygen atoms in total. The van der Waals surface area contributed by atoms with Crippen molar-refractivity contribution in [3.63, 3.8) is 0 Å². The van der Waals surface area contributed by atoms with Gasteiger partial charge in [-0.3, -0.25) is 9.59 Å². The second kappa shape index (κ2) is 5.31. The van der Waals surface area contributed by atoms with E-state index in [4.69, 9.17) is 4.74 Å². The largest absolute Gasteiger partial charge is 0.381 e. The number of rotatable bonds is 2. The van der Waals surface area contributed by atoms with Crippen LogP contribution in [0.1, 0.15) is 18.4 Å². The number of carbonyl (C=O) groups is 2. The number of hydrogen-bond donors (Lipinski definition) is 0. The van der Waals surface area contributed by atoms with E-state index < -0.39 is 0 Å². The highest BCUT2D eigenvalue weighted by Gasteiger charge is 2.60. The standard InChI is InChI=1S/C20H24N2O3/c1-13-2-4-14(5-3-13)22-12-20(8-17(22)23)6-7-21(11-20)19(24)18-15-9-25-10-16(15)18/h2-5,15-16,18H,6-12H2,1H3/t15-,16+,18?,20-/m1/s1. The molecule has 132 valence electrons. The molecule has 2 amide bonds. The molecule has 1 unspecified atom stereocenters. The maximum absolute atomic E-state index is 12.8. The van der Waals surface area contributed by atoms with Crippen LogP contribution in [-0.2, 0) is 14.3 Å². The van der Waals surface area contributed by atoms with Crippen LogP contribution in [0.15, 0.2) is 24.3 Å². The van der Waals surface area contributed by atoms with Gasteiger partial charge in [0.15, 0.2) is 0 Å². The first-order valence-corrected chi connectivity index (χ1v) is 9.30. The summed E-state index contributed by atoms with van der Waals surface area (Å²) in [4.78, 5) is 29.3. The first kappa shape index (κ1) is 15.4. The van der Waals surface area contributed by atoms with Crippen LogP contribution < -0.4 is 4.90 Å². The van der Waals surface area contributed by atoms with Gasteiger partial charge in [-0.05, 0) is 37.3 Å². The highest BCUT2D eigenvalue weighted by atomic mass is 16.5. The molecule has 1 aromatic rings. The molecule has 3 heterocycles. The van der Waals surface area contributed by atoms with Crippen LogP contribution in [-0.4, -0.2) is 49.6 Å². The van der Waals surface area contributed by atoms with E-state index in [1.165, 1.54) is 5.56 Å². The molecule has 0 aromatic heterocycles. The first-order chi connectivity index (χ1) is 12.1. The van der Waals surface area contributed by atoms with E-state index in [9.17, 15) is 9.59 Å². The minimum absolute atomic E-state index is 0.0574. The Bertz CT molecular complexity index is 721. The van der Waals surface area contributed by atoms with Crippen LogP contribution in [0.3, 0.4) is 0 Å². The third kappa shape index (κ3) is 2.40. The molecule has 1 aromatic carbocycles. The normalized spacial score (nSPS) is 36.4. The Hall–Kier alpha value is -1.88. The van der Waals surface area contributed by atoms with E-state index in [0.29, 0.717) is 24.2 Å². The lowest BCUT2D eigenvalue weighted by Crippen LogP contribution is -2.36. The van der Waals surface area contributed by atoms with Crippen LogP contribution in [0.25, 0.3) is 0 Å². The van der Waals surface area contributed by atoms with E-state index in [1.807, 2.05) is 34.1 Å². The molecule has 4 atom stereocenters. The molecular weight excluding hydrogens is 316 g/mol. The van der Waals surface area contributed by atoms with Gasteiger partial charge in [0.2, 0.25) is 11.8 Å². The van der Waals surface area contributed by atoms with Gasteiger partial charge < -0.3 is 14.5 Å². The van der Waals surface area contributed by atoms with E-state index in [0.717, 1.165) is 45.0 Å². The highest BCUT2D eigenvalue weighted by molar-refractivity contribution is 5.96. The zero-order chi connectivity index (χ0) is 17.2. The third-order valence-corrected chi connectivity index (χ3v) is 6.65. The molecule has 3 aliphatic heterocycles. The molecular formula is C20H24N2O3. The van der Waals surface area contributed by atoms with Crippen molar-refractivity contribution in [1.82, 2.24) is 4.90 Å². The van der Waals surface area contributed by atoms with Crippen molar-refractivity contribution < 1.29 is 14.3 Å². The van der Waals surface area contributed by atoms with Gasteiger partial charge in [-0.15, -0.1) is 0 Å². The number of carbonyl (C=O) groups excluding carboxylic acids is 2. The van der Waals surface area contributed by atoms with Crippen LogP contribution in [0.2, 0.25) is 0 Å². The van der Waals surface area contributed by atoms with Gasteiger partial charge in [-0.1, -0.05) is 17.7 Å². The molecule has 4 aliphatic rings. The van der Waals surface area contributed by atoms with Crippen molar-refractivity contribution in [2.45, 2.75) is 19.8 Å². The number of likely N-dealkylation sites (tertiary alicyclic amines) is 1. The Morgan fingerprint density at radius 2 is 1.88 bits per heavy atom. The second-order valence-electron chi connectivity index (χ2n) is 8.39. The lowest BCUT2D eigenvalue weighted by Gasteiger charge is -2.24. The fraction of sp³-hybridized carbons (Fsp3) is 0.600. The number of ether oxygens (including phenoxy) is 1. The summed E-state index contributed by atoms with van der Waals surface area (Å²) in [6, 6.07) is 8.14. The number of fused-ring (bicyclic) bond motifs is 1. The first-order valence-electron chi connectivity index (χ1n) is 9.30. The van der Waals surface area contributed by atoms with Crippen LogP contribution in [0, 0.1) is 30.1 Å². The number of nitrogens with zero attached hydrogens (tertiary/aromatic N) is 2. The fourth-order valence-corrected chi connectivity index (χ4v) is 5.07. The SMILES string of the molecule is Cc1ccc(N2C[C@]3(CCN(C(=O)C4[C@H]5COC[C@@H]45)C3)CC2=O)cc1. The molecule has 0 N–H and O–H groups in total. The van der Waals surface area contributed by atoms with E-state index in [-0.39, 0.29) is 17.2 Å². The third-order valence-electron chi connectivity index (χ3n) is 6.65. The summed E-state index contributed by atoms with van der Waals surface area (Å²) in [5.41, 5.74) is 2.12. The van der Waals surface area contributed by atoms with Gasteiger partial charge in [0.1, 0.15) is 0 Å². The molecule has 25 heavy (non-hydrogen) atoms. The molecule has 1 saturated carbocycles. The maximum Gasteiger partial charge on any atom is 0.227 e. The zero-order valence-electron chi connectivity index (χ0n) is 14.6. The minimum atomic E-state index is -0.0574. The molecule has 5 heteroatoms. The molecule has 1 spiro atoms. The Morgan fingerprint density at radius 3 is 2.60 bits per heavy atom. The van der Waals surface area contributed by atoms with Gasteiger partial charge in [0, 0.05) is 43.1 Å². The van der Waals surface area contributed by atoms with E-state index >= 15 is 0 Å². The number of aryl methyl sites for hydroxylation is 1. The number of anilines is 1. The summed E-state index contributed by atoms with van der Waals surface area (Å²) in [5, 5.41) is 0. The monoisotopic (exact) mass is 340 g/mol. The summed E-state index contributed by atoms with van der Waals surface area (Å²) in [7, 11) is 0. The van der Waals surface area contributed by atoms with E-state index in [1.54, 1.807) is 0 Å². The molecule has 1 aliphatic carbocycles. The van der Waals surface area contributed by atoms with Crippen LogP contribution in [0.4, 0.5) is 5.69 Å². The Kier molecular flexibility index (Phi) is 3.26. The van der Waals surface area contributed by atoms with Crippen molar-refractivity contribution in [2.24, 2.45) is 23.2 Å². The Labute approximate surface area is 147 Å². The topological polar surface area (TPSA) is 49.9 Å². The summed E-state index contributed by atoms with van der Waals surface area (Å²) in [5.74, 6) is 1.59. The van der Waals surface area contributed by atoms with Crippen molar-refractivity contribution in [1.29, 1.82) is 0 Å². The molecule has 0 bridgehead atoms. The average molecular weight is 340 g/mol. The smallest absolute Gasteiger partial charge is 0.227 e. The second-order valence-corrected chi connectivity index (χ2v) is 8.39. The van der Waals surface area contributed by atoms with Crippen molar-refractivity contribution in [2.75, 3.05) is 37.7 Å². The van der Waals surface area contributed by atoms with Crippen molar-refractivity contribution in [3.8, 4) is 0 Å². The quantitative estimate of drug-likeness (QED) is 0.825. The molecule has 3 saturated heterocycles. The number of benzene rings is 1. The van der Waals surface area contributed by atoms with Crippen LogP contribution in [0.5, 0.6) is 0 Å². The summed E-state index contributed by atoms with van der Waals surface area (Å²) < 4.78 is 5.41. The molecule has 5 rings (SSSR count). The summed E-state index contributed by atoms with van der Waals surface area (Å²) in [6.45, 7) is 5.82. The Morgan fingerprint density at radius 1 is 1.16 bits per heavy atom. The highest BCUT2D eigenvalue weighted by Crippen LogP contribution is 2.52. The average Bonchev–Trinajstić information content (AvgIpc) is 2.99. The fourth-order valence-electron chi connectivity index (χ4n) is 5.07. The van der Waals surface area contributed by atoms with Crippen molar-refractivity contribution >= 4 is 17.5 Å². The lowest BCUT2D eigenvalue weighted by atomic mass is 9.86.